The maximum Gasteiger partial charge on any atom is 0.323 e. The summed E-state index contributed by atoms with van der Waals surface area (Å²) in [5.41, 5.74) is 1.23. The van der Waals surface area contributed by atoms with E-state index in [-0.39, 0.29) is 17.9 Å². The number of hydrogen-bond donors (Lipinski definition) is 1. The molecule has 0 aromatic heterocycles. The molecule has 1 fully saturated rings. The first-order valence-corrected chi connectivity index (χ1v) is 6.60. The van der Waals surface area contributed by atoms with Crippen LogP contribution in [0.1, 0.15) is 17.9 Å². The van der Waals surface area contributed by atoms with Crippen molar-refractivity contribution in [2.45, 2.75) is 18.4 Å². The summed E-state index contributed by atoms with van der Waals surface area (Å²) in [6.45, 7) is 0.855. The molecule has 1 aliphatic rings. The zero-order valence-corrected chi connectivity index (χ0v) is 10.9. The van der Waals surface area contributed by atoms with E-state index in [1.165, 1.54) is 23.4 Å². The Morgan fingerprint density at radius 1 is 1.21 bits per heavy atom. The van der Waals surface area contributed by atoms with Gasteiger partial charge in [0.2, 0.25) is 0 Å². The Bertz CT molecular complexity index is 603. The van der Waals surface area contributed by atoms with E-state index in [1.54, 1.807) is 0 Å². The third-order valence-corrected chi connectivity index (χ3v) is 3.90. The van der Waals surface area contributed by atoms with Crippen molar-refractivity contribution in [3.05, 3.63) is 48.0 Å². The topological polar surface area (TPSA) is 38.3 Å². The molecule has 1 aliphatic heterocycles. The highest BCUT2D eigenvalue weighted by molar-refractivity contribution is 5.87. The van der Waals surface area contributed by atoms with Crippen LogP contribution in [0, 0.1) is 0 Å². The molecule has 0 radical (unpaired) electrons. The quantitative estimate of drug-likeness (QED) is 0.838. The molecular weight excluding hydrogens is 238 g/mol. The van der Waals surface area contributed by atoms with E-state index in [9.17, 15) is 4.79 Å². The smallest absolute Gasteiger partial charge is 0.323 e. The Labute approximate surface area is 112 Å². The van der Waals surface area contributed by atoms with Gasteiger partial charge in [0.15, 0.2) is 0 Å². The van der Waals surface area contributed by atoms with Crippen LogP contribution in [0.2, 0.25) is 0 Å². The number of rotatable bonds is 2. The molecule has 3 rings (SSSR count). The highest BCUT2D eigenvalue weighted by Gasteiger charge is 2.35. The van der Waals surface area contributed by atoms with Crippen LogP contribution in [0.3, 0.4) is 0 Å². The van der Waals surface area contributed by atoms with Gasteiger partial charge in [0.1, 0.15) is 6.04 Å². The van der Waals surface area contributed by atoms with E-state index in [1.807, 2.05) is 12.1 Å². The largest absolute Gasteiger partial charge is 0.468 e. The molecule has 2 aromatic rings. The molecule has 3 heteroatoms. The van der Waals surface area contributed by atoms with Gasteiger partial charge in [-0.3, -0.25) is 4.79 Å². The lowest BCUT2D eigenvalue weighted by Gasteiger charge is -2.19. The van der Waals surface area contributed by atoms with Crippen molar-refractivity contribution in [2.24, 2.45) is 0 Å². The van der Waals surface area contributed by atoms with Crippen molar-refractivity contribution in [1.82, 2.24) is 5.32 Å². The van der Waals surface area contributed by atoms with E-state index in [4.69, 9.17) is 4.74 Å². The molecule has 2 atom stereocenters. The molecule has 0 spiro atoms. The zero-order valence-electron chi connectivity index (χ0n) is 10.9. The average molecular weight is 255 g/mol. The summed E-state index contributed by atoms with van der Waals surface area (Å²) >= 11 is 0. The number of carbonyl (C=O) groups is 1. The fourth-order valence-corrected chi connectivity index (χ4v) is 2.99. The minimum atomic E-state index is -0.226. The van der Waals surface area contributed by atoms with Crippen LogP contribution >= 0.6 is 0 Å². The van der Waals surface area contributed by atoms with Crippen molar-refractivity contribution in [1.29, 1.82) is 0 Å². The summed E-state index contributed by atoms with van der Waals surface area (Å²) in [7, 11) is 1.45. The number of nitrogens with one attached hydrogen (secondary N) is 1. The number of hydrogen-bond acceptors (Lipinski definition) is 3. The fourth-order valence-electron chi connectivity index (χ4n) is 2.99. The highest BCUT2D eigenvalue weighted by atomic mass is 16.5. The lowest BCUT2D eigenvalue weighted by Crippen LogP contribution is -2.35. The van der Waals surface area contributed by atoms with Crippen molar-refractivity contribution < 1.29 is 9.53 Å². The van der Waals surface area contributed by atoms with Crippen molar-refractivity contribution in [3.63, 3.8) is 0 Å². The molecule has 0 aliphatic carbocycles. The number of methoxy groups -OCH3 is 1. The Kier molecular flexibility index (Phi) is 3.22. The molecule has 1 unspecified atom stereocenters. The van der Waals surface area contributed by atoms with Crippen LogP contribution in [0.15, 0.2) is 42.5 Å². The molecule has 0 saturated carbocycles. The Hall–Kier alpha value is -1.87. The van der Waals surface area contributed by atoms with Gasteiger partial charge >= 0.3 is 5.97 Å². The maximum atomic E-state index is 11.8. The van der Waals surface area contributed by atoms with Gasteiger partial charge < -0.3 is 10.1 Å². The van der Waals surface area contributed by atoms with Crippen LogP contribution < -0.4 is 5.32 Å². The predicted molar refractivity (Wildman–Crippen MR) is 75.1 cm³/mol. The molecule has 98 valence electrons. The van der Waals surface area contributed by atoms with Crippen LogP contribution in [0.25, 0.3) is 10.8 Å². The van der Waals surface area contributed by atoms with Gasteiger partial charge in [-0.05, 0) is 29.3 Å². The predicted octanol–water partition coefficient (Wildman–Crippen LogP) is 2.46. The second kappa shape index (κ2) is 5.02. The van der Waals surface area contributed by atoms with Gasteiger partial charge in [0.25, 0.3) is 0 Å². The molecule has 1 saturated heterocycles. The van der Waals surface area contributed by atoms with Crippen LogP contribution in [-0.4, -0.2) is 25.7 Å². The van der Waals surface area contributed by atoms with Crippen LogP contribution in [0.5, 0.6) is 0 Å². The second-order valence-electron chi connectivity index (χ2n) is 4.92. The van der Waals surface area contributed by atoms with Crippen molar-refractivity contribution >= 4 is 16.7 Å². The Morgan fingerprint density at radius 2 is 2.00 bits per heavy atom. The van der Waals surface area contributed by atoms with Gasteiger partial charge in [0.05, 0.1) is 7.11 Å². The normalized spacial score (nSPS) is 22.6. The first-order chi connectivity index (χ1) is 9.31. The molecule has 1 N–H and O–H groups in total. The minimum Gasteiger partial charge on any atom is -0.468 e. The number of esters is 1. The number of carbonyl (C=O) groups excluding carboxylic acids is 1. The standard InChI is InChI=1S/C16H17NO2/c1-19-16(18)15-14(9-10-17-15)13-8-4-6-11-5-2-3-7-12(11)13/h2-8,14-15,17H,9-10H2,1H3/t14?,15-/m0/s1. The summed E-state index contributed by atoms with van der Waals surface area (Å²) in [4.78, 5) is 11.8. The van der Waals surface area contributed by atoms with Crippen molar-refractivity contribution in [2.75, 3.05) is 13.7 Å². The summed E-state index contributed by atoms with van der Waals surface area (Å²) in [5.74, 6) is 0.0222. The molecule has 3 nitrogen and oxygen atoms in total. The Morgan fingerprint density at radius 3 is 2.84 bits per heavy atom. The summed E-state index contributed by atoms with van der Waals surface area (Å²) in [6, 6.07) is 14.4. The first kappa shape index (κ1) is 12.2. The van der Waals surface area contributed by atoms with Gasteiger partial charge in [-0.2, -0.15) is 0 Å². The maximum absolute atomic E-state index is 11.8. The summed E-state index contributed by atoms with van der Waals surface area (Å²) in [5, 5.41) is 5.69. The lowest BCUT2D eigenvalue weighted by atomic mass is 9.88. The van der Waals surface area contributed by atoms with Gasteiger partial charge in [-0.1, -0.05) is 42.5 Å². The number of benzene rings is 2. The molecular formula is C16H17NO2. The molecule has 19 heavy (non-hydrogen) atoms. The van der Waals surface area contributed by atoms with E-state index in [2.05, 4.69) is 35.6 Å². The zero-order chi connectivity index (χ0) is 13.2. The molecule has 1 heterocycles. The fraction of sp³-hybridized carbons (Fsp3) is 0.312. The monoisotopic (exact) mass is 255 g/mol. The van der Waals surface area contributed by atoms with E-state index >= 15 is 0 Å². The van der Waals surface area contributed by atoms with Gasteiger partial charge in [0, 0.05) is 5.92 Å². The van der Waals surface area contributed by atoms with E-state index in [0.717, 1.165) is 13.0 Å². The van der Waals surface area contributed by atoms with E-state index < -0.39 is 0 Å². The minimum absolute atomic E-state index is 0.171. The number of fused-ring (bicyclic) bond motifs is 1. The summed E-state index contributed by atoms with van der Waals surface area (Å²) < 4.78 is 4.90. The molecule has 2 aromatic carbocycles. The average Bonchev–Trinajstić information content (AvgIpc) is 2.95. The lowest BCUT2D eigenvalue weighted by molar-refractivity contribution is -0.143. The highest BCUT2D eigenvalue weighted by Crippen LogP contribution is 2.33. The van der Waals surface area contributed by atoms with Gasteiger partial charge in [-0.15, -0.1) is 0 Å². The van der Waals surface area contributed by atoms with E-state index in [0.29, 0.717) is 0 Å². The Balaban J connectivity index is 2.06. The molecule has 0 amide bonds. The molecule has 0 bridgehead atoms. The number of ether oxygens (including phenoxy) is 1. The first-order valence-electron chi connectivity index (χ1n) is 6.60. The SMILES string of the molecule is COC(=O)[C@H]1NCCC1c1cccc2ccccc12. The summed E-state index contributed by atoms with van der Waals surface area (Å²) in [6.07, 6.45) is 0.966. The van der Waals surface area contributed by atoms with Crippen molar-refractivity contribution in [3.8, 4) is 0 Å². The third kappa shape index (κ3) is 2.10. The van der Waals surface area contributed by atoms with Crippen LogP contribution in [0.4, 0.5) is 0 Å². The van der Waals surface area contributed by atoms with Gasteiger partial charge in [-0.25, -0.2) is 0 Å². The third-order valence-electron chi connectivity index (χ3n) is 3.90. The second-order valence-corrected chi connectivity index (χ2v) is 4.92. The van der Waals surface area contributed by atoms with Crippen LogP contribution in [-0.2, 0) is 9.53 Å².